The van der Waals surface area contributed by atoms with Gasteiger partial charge in [-0.15, -0.1) is 0 Å². The van der Waals surface area contributed by atoms with E-state index < -0.39 is 0 Å². The molecule has 1 fully saturated rings. The lowest BCUT2D eigenvalue weighted by atomic mass is 10.0. The summed E-state index contributed by atoms with van der Waals surface area (Å²) in [6, 6.07) is 4.20. The van der Waals surface area contributed by atoms with E-state index in [-0.39, 0.29) is 6.10 Å². The minimum Gasteiger partial charge on any atom is -0.490 e. The van der Waals surface area contributed by atoms with Crippen LogP contribution in [0.25, 0.3) is 0 Å². The Balaban J connectivity index is 1.91. The molecular weight excluding hydrogens is 230 g/mol. The van der Waals surface area contributed by atoms with Gasteiger partial charge in [-0.05, 0) is 30.2 Å². The molecule has 1 aromatic carbocycles. The Labute approximate surface area is 107 Å². The van der Waals surface area contributed by atoms with Gasteiger partial charge < -0.3 is 19.5 Å². The van der Waals surface area contributed by atoms with Crippen LogP contribution >= 0.6 is 0 Å². The smallest absolute Gasteiger partial charge is 0.164 e. The third-order valence-corrected chi connectivity index (χ3v) is 3.35. The van der Waals surface area contributed by atoms with E-state index in [0.717, 1.165) is 56.4 Å². The van der Waals surface area contributed by atoms with E-state index in [0.29, 0.717) is 0 Å². The zero-order chi connectivity index (χ0) is 12.4. The van der Waals surface area contributed by atoms with Crippen molar-refractivity contribution in [3.05, 3.63) is 23.3 Å². The molecule has 1 N–H and O–H groups in total. The molecular formula is C14H19NO3. The van der Waals surface area contributed by atoms with E-state index >= 15 is 0 Å². The Morgan fingerprint density at radius 1 is 1.17 bits per heavy atom. The number of fused-ring (bicyclic) bond motifs is 1. The summed E-state index contributed by atoms with van der Waals surface area (Å²) < 4.78 is 17.3. The standard InChI is InChI=1S/C14H19NO3/c1-10-7-11(13-9-15-3-6-17-13)8-12-14(10)18-5-2-4-16-12/h7-8,13,15H,2-6,9H2,1H3. The van der Waals surface area contributed by atoms with Gasteiger partial charge in [-0.3, -0.25) is 0 Å². The van der Waals surface area contributed by atoms with Gasteiger partial charge in [0.1, 0.15) is 0 Å². The molecule has 1 unspecified atom stereocenters. The molecule has 18 heavy (non-hydrogen) atoms. The first-order valence-corrected chi connectivity index (χ1v) is 6.57. The number of nitrogens with one attached hydrogen (secondary N) is 1. The number of benzene rings is 1. The Hall–Kier alpha value is -1.26. The predicted molar refractivity (Wildman–Crippen MR) is 68.3 cm³/mol. The zero-order valence-corrected chi connectivity index (χ0v) is 10.7. The van der Waals surface area contributed by atoms with Crippen LogP contribution in [-0.2, 0) is 4.74 Å². The maximum atomic E-state index is 5.78. The van der Waals surface area contributed by atoms with E-state index in [1.165, 1.54) is 5.56 Å². The summed E-state index contributed by atoms with van der Waals surface area (Å²) >= 11 is 0. The van der Waals surface area contributed by atoms with Crippen LogP contribution in [0.15, 0.2) is 12.1 Å². The summed E-state index contributed by atoms with van der Waals surface area (Å²) in [6.07, 6.45) is 1.06. The predicted octanol–water partition coefficient (Wildman–Crippen LogP) is 1.82. The number of ether oxygens (including phenoxy) is 3. The van der Waals surface area contributed by atoms with Crippen LogP contribution in [0.5, 0.6) is 11.5 Å². The molecule has 3 rings (SSSR count). The highest BCUT2D eigenvalue weighted by atomic mass is 16.5. The molecule has 4 heteroatoms. The zero-order valence-electron chi connectivity index (χ0n) is 10.7. The second-order valence-electron chi connectivity index (χ2n) is 4.78. The summed E-state index contributed by atoms with van der Waals surface area (Å²) in [5, 5.41) is 3.35. The van der Waals surface area contributed by atoms with Crippen molar-refractivity contribution in [2.45, 2.75) is 19.4 Å². The number of morpholine rings is 1. The lowest BCUT2D eigenvalue weighted by Gasteiger charge is -2.25. The van der Waals surface area contributed by atoms with Gasteiger partial charge in [0.05, 0.1) is 25.9 Å². The maximum absolute atomic E-state index is 5.78. The van der Waals surface area contributed by atoms with Crippen molar-refractivity contribution < 1.29 is 14.2 Å². The van der Waals surface area contributed by atoms with Crippen LogP contribution in [0.1, 0.15) is 23.7 Å². The minimum absolute atomic E-state index is 0.120. The van der Waals surface area contributed by atoms with Crippen LogP contribution in [0.3, 0.4) is 0 Å². The lowest BCUT2D eigenvalue weighted by Crippen LogP contribution is -2.33. The molecule has 0 radical (unpaired) electrons. The molecule has 0 amide bonds. The molecule has 0 bridgehead atoms. The van der Waals surface area contributed by atoms with E-state index in [1.807, 2.05) is 0 Å². The van der Waals surface area contributed by atoms with Crippen molar-refractivity contribution in [3.63, 3.8) is 0 Å². The van der Waals surface area contributed by atoms with Gasteiger partial charge >= 0.3 is 0 Å². The fourth-order valence-electron chi connectivity index (χ4n) is 2.44. The molecule has 98 valence electrons. The van der Waals surface area contributed by atoms with E-state index in [9.17, 15) is 0 Å². The Bertz CT molecular complexity index is 427. The largest absolute Gasteiger partial charge is 0.490 e. The summed E-state index contributed by atoms with van der Waals surface area (Å²) in [7, 11) is 0. The number of hydrogen-bond acceptors (Lipinski definition) is 4. The van der Waals surface area contributed by atoms with E-state index in [2.05, 4.69) is 24.4 Å². The molecule has 1 aromatic rings. The van der Waals surface area contributed by atoms with Crippen LogP contribution in [-0.4, -0.2) is 32.9 Å². The fraction of sp³-hybridized carbons (Fsp3) is 0.571. The lowest BCUT2D eigenvalue weighted by molar-refractivity contribution is 0.0275. The van der Waals surface area contributed by atoms with Gasteiger partial charge in [-0.1, -0.05) is 0 Å². The highest BCUT2D eigenvalue weighted by Crippen LogP contribution is 2.36. The molecule has 2 aliphatic rings. The minimum atomic E-state index is 0.120. The van der Waals surface area contributed by atoms with Gasteiger partial charge in [0.15, 0.2) is 11.5 Å². The topological polar surface area (TPSA) is 39.7 Å². The van der Waals surface area contributed by atoms with Gasteiger partial charge in [-0.2, -0.15) is 0 Å². The van der Waals surface area contributed by atoms with Crippen molar-refractivity contribution in [1.82, 2.24) is 5.32 Å². The second kappa shape index (κ2) is 5.16. The van der Waals surface area contributed by atoms with Gasteiger partial charge in [0.25, 0.3) is 0 Å². The molecule has 1 atom stereocenters. The summed E-state index contributed by atoms with van der Waals surface area (Å²) in [5.41, 5.74) is 2.29. The molecule has 1 saturated heterocycles. The molecule has 0 aliphatic carbocycles. The second-order valence-corrected chi connectivity index (χ2v) is 4.78. The molecule has 0 saturated carbocycles. The first-order valence-electron chi connectivity index (χ1n) is 6.57. The molecule has 0 spiro atoms. The van der Waals surface area contributed by atoms with Crippen molar-refractivity contribution in [3.8, 4) is 11.5 Å². The highest BCUT2D eigenvalue weighted by Gasteiger charge is 2.20. The molecule has 2 aliphatic heterocycles. The first kappa shape index (κ1) is 11.8. The summed E-state index contributed by atoms with van der Waals surface area (Å²) in [6.45, 7) is 6.07. The number of hydrogen-bond donors (Lipinski definition) is 1. The van der Waals surface area contributed by atoms with Gasteiger partial charge in [0.2, 0.25) is 0 Å². The Kier molecular flexibility index (Phi) is 3.39. The van der Waals surface area contributed by atoms with E-state index in [4.69, 9.17) is 14.2 Å². The molecule has 2 heterocycles. The van der Waals surface area contributed by atoms with Crippen molar-refractivity contribution in [2.75, 3.05) is 32.9 Å². The normalized spacial score (nSPS) is 23.5. The monoisotopic (exact) mass is 249 g/mol. The third-order valence-electron chi connectivity index (χ3n) is 3.35. The summed E-state index contributed by atoms with van der Waals surface area (Å²) in [4.78, 5) is 0. The number of rotatable bonds is 1. The van der Waals surface area contributed by atoms with Gasteiger partial charge in [-0.25, -0.2) is 0 Å². The average molecular weight is 249 g/mol. The highest BCUT2D eigenvalue weighted by molar-refractivity contribution is 5.50. The average Bonchev–Trinajstić information content (AvgIpc) is 2.65. The van der Waals surface area contributed by atoms with Crippen LogP contribution in [0.4, 0.5) is 0 Å². The number of aryl methyl sites for hydroxylation is 1. The SMILES string of the molecule is Cc1cc(C2CNCCO2)cc2c1OCCCO2. The van der Waals surface area contributed by atoms with Crippen LogP contribution < -0.4 is 14.8 Å². The van der Waals surface area contributed by atoms with Crippen LogP contribution in [0.2, 0.25) is 0 Å². The molecule has 4 nitrogen and oxygen atoms in total. The molecule has 0 aromatic heterocycles. The quantitative estimate of drug-likeness (QED) is 0.824. The Morgan fingerprint density at radius 3 is 2.89 bits per heavy atom. The summed E-state index contributed by atoms with van der Waals surface area (Å²) in [5.74, 6) is 1.75. The maximum Gasteiger partial charge on any atom is 0.164 e. The Morgan fingerprint density at radius 2 is 2.06 bits per heavy atom. The van der Waals surface area contributed by atoms with E-state index in [1.54, 1.807) is 0 Å². The fourth-order valence-corrected chi connectivity index (χ4v) is 2.44. The van der Waals surface area contributed by atoms with Crippen molar-refractivity contribution >= 4 is 0 Å². The van der Waals surface area contributed by atoms with Gasteiger partial charge in [0, 0.05) is 19.5 Å². The van der Waals surface area contributed by atoms with Crippen molar-refractivity contribution in [1.29, 1.82) is 0 Å². The third kappa shape index (κ3) is 2.31. The van der Waals surface area contributed by atoms with Crippen LogP contribution in [0, 0.1) is 6.92 Å². The first-order chi connectivity index (χ1) is 8.84. The van der Waals surface area contributed by atoms with Crippen molar-refractivity contribution in [2.24, 2.45) is 0 Å².